The van der Waals surface area contributed by atoms with Crippen molar-refractivity contribution in [1.82, 2.24) is 29.4 Å². The molecule has 7 nitrogen and oxygen atoms in total. The van der Waals surface area contributed by atoms with E-state index in [1.807, 2.05) is 65.2 Å². The summed E-state index contributed by atoms with van der Waals surface area (Å²) in [6, 6.07) is 9.79. The van der Waals surface area contributed by atoms with Gasteiger partial charge >= 0.3 is 0 Å². The summed E-state index contributed by atoms with van der Waals surface area (Å²) < 4.78 is 32.0. The molecule has 0 bridgehead atoms. The van der Waals surface area contributed by atoms with Crippen LogP contribution in [0.2, 0.25) is 0 Å². The van der Waals surface area contributed by atoms with Crippen LogP contribution in [-0.2, 0) is 18.4 Å². The number of benzene rings is 1. The first-order valence-electron chi connectivity index (χ1n) is 12.4. The Hall–Kier alpha value is -4.44. The molecule has 39 heavy (non-hydrogen) atoms. The van der Waals surface area contributed by atoms with Crippen molar-refractivity contribution in [3.8, 4) is 22.6 Å². The van der Waals surface area contributed by atoms with Gasteiger partial charge in [-0.05, 0) is 48.7 Å². The number of carbonyl (C=O) groups excluding carboxylic acids is 1. The Morgan fingerprint density at radius 1 is 1.23 bits per heavy atom. The molecule has 0 saturated carbocycles. The topological polar surface area (TPSA) is 68.8 Å². The number of hydrogen-bond acceptors (Lipinski definition) is 5. The number of rotatable bonds is 5. The zero-order valence-corrected chi connectivity index (χ0v) is 22.1. The number of halogens is 2. The molecule has 1 aliphatic heterocycles. The molecule has 0 aliphatic carbocycles. The van der Waals surface area contributed by atoms with Crippen molar-refractivity contribution < 1.29 is 13.6 Å². The second-order valence-electron chi connectivity index (χ2n) is 9.49. The minimum absolute atomic E-state index is 0.0745. The predicted molar refractivity (Wildman–Crippen MR) is 150 cm³/mol. The zero-order valence-electron chi connectivity index (χ0n) is 21.3. The lowest BCUT2D eigenvalue weighted by Crippen LogP contribution is -2.39. The summed E-state index contributed by atoms with van der Waals surface area (Å²) in [5.41, 5.74) is 4.99. The van der Waals surface area contributed by atoms with Gasteiger partial charge < -0.3 is 4.90 Å². The van der Waals surface area contributed by atoms with E-state index in [2.05, 4.69) is 11.7 Å². The number of carbonyl (C=O) groups is 1. The van der Waals surface area contributed by atoms with E-state index >= 15 is 0 Å². The van der Waals surface area contributed by atoms with E-state index in [-0.39, 0.29) is 18.3 Å². The lowest BCUT2D eigenvalue weighted by Gasteiger charge is -2.31. The molecule has 6 rings (SSSR count). The minimum Gasteiger partial charge on any atom is -0.331 e. The maximum absolute atomic E-state index is 14.7. The largest absolute Gasteiger partial charge is 0.331 e. The molecule has 0 saturated heterocycles. The Kier molecular flexibility index (Phi) is 6.19. The SMILES string of the molecule is C=CC(=O)N1Cc2cc(-c3nc(-c4ccc5c(cnn5C)c4)c4ccsc4c3C=C(F)/C=C/F)nn2C(C)C1. The van der Waals surface area contributed by atoms with Crippen LogP contribution in [0.15, 0.2) is 72.8 Å². The highest BCUT2D eigenvalue weighted by Gasteiger charge is 2.28. The lowest BCUT2D eigenvalue weighted by molar-refractivity contribution is -0.127. The molecule has 1 aliphatic rings. The van der Waals surface area contributed by atoms with E-state index in [9.17, 15) is 13.6 Å². The lowest BCUT2D eigenvalue weighted by atomic mass is 10.0. The molecule has 0 spiro atoms. The van der Waals surface area contributed by atoms with E-state index in [0.717, 1.165) is 44.0 Å². The number of thiophene rings is 1. The van der Waals surface area contributed by atoms with Gasteiger partial charge in [0.1, 0.15) is 17.2 Å². The van der Waals surface area contributed by atoms with E-state index in [4.69, 9.17) is 10.1 Å². The molecule has 1 aromatic carbocycles. The fourth-order valence-electron chi connectivity index (χ4n) is 5.15. The monoisotopic (exact) mass is 542 g/mol. The molecule has 196 valence electrons. The van der Waals surface area contributed by atoms with Crippen molar-refractivity contribution in [1.29, 1.82) is 0 Å². The molecule has 1 amide bonds. The normalized spacial score (nSPS) is 15.9. The van der Waals surface area contributed by atoms with Crippen molar-refractivity contribution in [3.63, 3.8) is 0 Å². The van der Waals surface area contributed by atoms with Gasteiger partial charge in [-0.2, -0.15) is 10.2 Å². The molecular formula is C29H24F2N6OS. The molecule has 5 heterocycles. The van der Waals surface area contributed by atoms with Crippen LogP contribution in [0, 0.1) is 0 Å². The zero-order chi connectivity index (χ0) is 27.3. The van der Waals surface area contributed by atoms with Gasteiger partial charge in [-0.3, -0.25) is 14.2 Å². The first-order valence-corrected chi connectivity index (χ1v) is 13.2. The quantitative estimate of drug-likeness (QED) is 0.185. The molecule has 5 aromatic rings. The van der Waals surface area contributed by atoms with Gasteiger partial charge in [0, 0.05) is 46.3 Å². The van der Waals surface area contributed by atoms with Crippen LogP contribution in [0.25, 0.3) is 49.7 Å². The highest BCUT2D eigenvalue weighted by Crippen LogP contribution is 2.40. The van der Waals surface area contributed by atoms with Crippen LogP contribution in [0.1, 0.15) is 24.2 Å². The van der Waals surface area contributed by atoms with Crippen LogP contribution >= 0.6 is 11.3 Å². The second-order valence-corrected chi connectivity index (χ2v) is 10.4. The van der Waals surface area contributed by atoms with Gasteiger partial charge in [0.2, 0.25) is 5.91 Å². The van der Waals surface area contributed by atoms with Gasteiger partial charge in [-0.25, -0.2) is 13.8 Å². The van der Waals surface area contributed by atoms with Gasteiger partial charge in [-0.1, -0.05) is 12.6 Å². The molecule has 0 N–H and O–H groups in total. The van der Waals surface area contributed by atoms with E-state index < -0.39 is 5.83 Å². The number of fused-ring (bicyclic) bond motifs is 3. The number of allylic oxidation sites excluding steroid dienone is 2. The van der Waals surface area contributed by atoms with Crippen LogP contribution in [0.3, 0.4) is 0 Å². The van der Waals surface area contributed by atoms with E-state index in [1.54, 1.807) is 4.90 Å². The molecule has 0 radical (unpaired) electrons. The first kappa shape index (κ1) is 24.9. The molecule has 0 fully saturated rings. The summed E-state index contributed by atoms with van der Waals surface area (Å²) in [5.74, 6) is -0.884. The number of aryl methyl sites for hydroxylation is 1. The Labute approximate surface area is 227 Å². The third kappa shape index (κ3) is 4.26. The summed E-state index contributed by atoms with van der Waals surface area (Å²) in [6.07, 6.45) is 5.35. The van der Waals surface area contributed by atoms with Crippen LogP contribution < -0.4 is 0 Å². The molecule has 1 unspecified atom stereocenters. The fourth-order valence-corrected chi connectivity index (χ4v) is 6.07. The number of aromatic nitrogens is 5. The average Bonchev–Trinajstić information content (AvgIpc) is 3.67. The molecular weight excluding hydrogens is 518 g/mol. The standard InChI is InChI=1S/C29H24F2N6OS/c1-4-26(38)36-15-17(2)37-21(16-36)13-24(34-37)28-23(12-20(31)7-9-30)29-22(8-10-39-29)27(33-28)18-5-6-25-19(11-18)14-32-35(25)3/h4-14,17H,1,15-16H2,2-3H3/b9-7+,20-12?. The van der Waals surface area contributed by atoms with E-state index in [0.29, 0.717) is 30.0 Å². The third-order valence-electron chi connectivity index (χ3n) is 6.96. The van der Waals surface area contributed by atoms with Crippen molar-refractivity contribution in [3.05, 3.63) is 84.1 Å². The Balaban J connectivity index is 1.58. The Bertz CT molecular complexity index is 1830. The third-order valence-corrected chi connectivity index (χ3v) is 7.91. The predicted octanol–water partition coefficient (Wildman–Crippen LogP) is 6.60. The number of pyridine rings is 1. The molecule has 10 heteroatoms. The van der Waals surface area contributed by atoms with Crippen LogP contribution in [-0.4, -0.2) is 41.9 Å². The summed E-state index contributed by atoms with van der Waals surface area (Å²) in [4.78, 5) is 19.1. The fraction of sp³-hybridized carbons (Fsp3) is 0.172. The van der Waals surface area contributed by atoms with Crippen molar-refractivity contribution in [2.45, 2.75) is 19.5 Å². The van der Waals surface area contributed by atoms with Crippen molar-refractivity contribution in [2.75, 3.05) is 6.54 Å². The summed E-state index contributed by atoms with van der Waals surface area (Å²) in [6.45, 7) is 6.46. The first-order chi connectivity index (χ1) is 18.9. The second kappa shape index (κ2) is 9.70. The number of amides is 1. The minimum atomic E-state index is -0.736. The van der Waals surface area contributed by atoms with Gasteiger partial charge in [0.15, 0.2) is 0 Å². The summed E-state index contributed by atoms with van der Waals surface area (Å²) in [7, 11) is 1.89. The highest BCUT2D eigenvalue weighted by molar-refractivity contribution is 7.17. The Morgan fingerprint density at radius 2 is 2.08 bits per heavy atom. The van der Waals surface area contributed by atoms with Crippen LogP contribution in [0.5, 0.6) is 0 Å². The van der Waals surface area contributed by atoms with Crippen molar-refractivity contribution >= 4 is 44.3 Å². The molecule has 1 atom stereocenters. The van der Waals surface area contributed by atoms with Gasteiger partial charge in [0.05, 0.1) is 42.0 Å². The van der Waals surface area contributed by atoms with Crippen molar-refractivity contribution in [2.24, 2.45) is 7.05 Å². The highest BCUT2D eigenvalue weighted by atomic mass is 32.1. The van der Waals surface area contributed by atoms with Gasteiger partial charge in [-0.15, -0.1) is 11.3 Å². The van der Waals surface area contributed by atoms with Crippen LogP contribution in [0.4, 0.5) is 8.78 Å². The van der Waals surface area contributed by atoms with E-state index in [1.165, 1.54) is 23.5 Å². The summed E-state index contributed by atoms with van der Waals surface area (Å²) >= 11 is 1.46. The van der Waals surface area contributed by atoms with Gasteiger partial charge in [0.25, 0.3) is 0 Å². The average molecular weight is 543 g/mol. The Morgan fingerprint density at radius 3 is 2.87 bits per heavy atom. The molecule has 4 aromatic heterocycles. The maximum Gasteiger partial charge on any atom is 0.246 e. The smallest absolute Gasteiger partial charge is 0.246 e. The number of hydrogen-bond donors (Lipinski definition) is 0. The summed E-state index contributed by atoms with van der Waals surface area (Å²) in [5, 5.41) is 13.0. The number of nitrogens with zero attached hydrogens (tertiary/aromatic N) is 6. The maximum atomic E-state index is 14.7.